The van der Waals surface area contributed by atoms with Crippen LogP contribution in [0.1, 0.15) is 61.7 Å². The summed E-state index contributed by atoms with van der Waals surface area (Å²) in [7, 11) is 0. The second-order valence-electron chi connectivity index (χ2n) is 9.32. The molecule has 1 saturated heterocycles. The maximum Gasteiger partial charge on any atom is 0.332 e. The number of nitrogens with one attached hydrogen (secondary N) is 2. The summed E-state index contributed by atoms with van der Waals surface area (Å²) in [6.45, 7) is 3.05. The average molecular weight is 491 g/mol. The molecule has 0 radical (unpaired) electrons. The topological polar surface area (TPSA) is 97.5 Å². The van der Waals surface area contributed by atoms with Crippen LogP contribution in [0.2, 0.25) is 5.02 Å². The highest BCUT2D eigenvalue weighted by Crippen LogP contribution is 2.25. The monoisotopic (exact) mass is 490 g/mol. The first-order chi connectivity index (χ1) is 16.5. The number of amides is 1. The Hall–Kier alpha value is -2.13. The molecule has 2 aromatic rings. The number of nitrogens with zero attached hydrogens (tertiary/aromatic N) is 2. The quantitative estimate of drug-likeness (QED) is 0.285. The molecule has 2 atom stereocenters. The fraction of sp³-hybridized carbons (Fsp3) is 0.600. The lowest BCUT2D eigenvalue weighted by Crippen LogP contribution is -2.40. The van der Waals surface area contributed by atoms with Gasteiger partial charge in [0, 0.05) is 38.0 Å². The van der Waals surface area contributed by atoms with E-state index in [9.17, 15) is 14.7 Å². The Labute approximate surface area is 205 Å². The molecule has 4 rings (SSSR count). The predicted molar refractivity (Wildman–Crippen MR) is 132 cm³/mol. The molecule has 186 valence electrons. The minimum Gasteiger partial charge on any atom is -0.377 e. The van der Waals surface area contributed by atoms with Crippen LogP contribution in [0.3, 0.4) is 0 Å². The Balaban J connectivity index is 1.39. The van der Waals surface area contributed by atoms with E-state index < -0.39 is 12.1 Å². The number of aryl methyl sites for hydroxylation is 1. The van der Waals surface area contributed by atoms with Gasteiger partial charge in [0.25, 0.3) is 5.91 Å². The number of hydrogen-bond acceptors (Lipinski definition) is 5. The highest BCUT2D eigenvalue weighted by atomic mass is 35.5. The van der Waals surface area contributed by atoms with E-state index in [1.54, 1.807) is 35.2 Å². The number of hydrogen-bond donors (Lipinski definition) is 3. The Morgan fingerprint density at radius 3 is 2.74 bits per heavy atom. The molecule has 1 amide bonds. The van der Waals surface area contributed by atoms with Gasteiger partial charge in [0.05, 0.1) is 22.4 Å². The molecule has 9 heteroatoms. The molecule has 1 saturated carbocycles. The second kappa shape index (κ2) is 12.0. The smallest absolute Gasteiger partial charge is 0.332 e. The predicted octanol–water partition coefficient (Wildman–Crippen LogP) is 3.08. The van der Waals surface area contributed by atoms with Crippen molar-refractivity contribution in [3.63, 3.8) is 0 Å². The van der Waals surface area contributed by atoms with Crippen molar-refractivity contribution in [3.8, 4) is 5.69 Å². The van der Waals surface area contributed by atoms with Crippen molar-refractivity contribution in [2.45, 2.75) is 70.2 Å². The van der Waals surface area contributed by atoms with Gasteiger partial charge in [-0.3, -0.25) is 13.9 Å². The molecule has 3 N–H and O–H groups in total. The first-order valence-electron chi connectivity index (χ1n) is 12.4. The summed E-state index contributed by atoms with van der Waals surface area (Å²) in [5.41, 5.74) is 0.607. The van der Waals surface area contributed by atoms with Gasteiger partial charge in [0.2, 0.25) is 0 Å². The van der Waals surface area contributed by atoms with Crippen LogP contribution in [0.5, 0.6) is 0 Å². The Morgan fingerprint density at radius 2 is 2.00 bits per heavy atom. The summed E-state index contributed by atoms with van der Waals surface area (Å²) in [4.78, 5) is 25.8. The summed E-state index contributed by atoms with van der Waals surface area (Å²) >= 11 is 6.30. The number of ether oxygens (including phenoxy) is 1. The molecule has 8 nitrogen and oxygen atoms in total. The fourth-order valence-corrected chi connectivity index (χ4v) is 5.03. The van der Waals surface area contributed by atoms with Gasteiger partial charge in [-0.25, -0.2) is 4.79 Å². The van der Waals surface area contributed by atoms with E-state index in [2.05, 4.69) is 10.6 Å². The zero-order chi connectivity index (χ0) is 23.9. The summed E-state index contributed by atoms with van der Waals surface area (Å²) in [6, 6.07) is 4.92. The molecule has 1 aliphatic heterocycles. The van der Waals surface area contributed by atoms with Crippen LogP contribution in [0.15, 0.2) is 35.4 Å². The van der Waals surface area contributed by atoms with Crippen molar-refractivity contribution in [2.75, 3.05) is 19.7 Å². The number of aromatic nitrogens is 2. The van der Waals surface area contributed by atoms with E-state index in [1.165, 1.54) is 17.4 Å². The molecule has 2 aliphatic rings. The number of carbonyl (C=O) groups excluding carboxylic acids is 1. The fourth-order valence-electron chi connectivity index (χ4n) is 4.83. The van der Waals surface area contributed by atoms with Crippen LogP contribution in [0.4, 0.5) is 0 Å². The molecule has 2 fully saturated rings. The lowest BCUT2D eigenvalue weighted by Gasteiger charge is -2.22. The van der Waals surface area contributed by atoms with Gasteiger partial charge < -0.3 is 20.5 Å². The van der Waals surface area contributed by atoms with E-state index in [1.807, 2.05) is 0 Å². The van der Waals surface area contributed by atoms with Crippen molar-refractivity contribution < 1.29 is 14.6 Å². The molecule has 1 aliphatic carbocycles. The largest absolute Gasteiger partial charge is 0.377 e. The van der Waals surface area contributed by atoms with Crippen LogP contribution in [0, 0.1) is 5.92 Å². The molecule has 0 spiro atoms. The minimum absolute atomic E-state index is 0.0546. The van der Waals surface area contributed by atoms with Crippen LogP contribution in [0.25, 0.3) is 5.69 Å². The molecular weight excluding hydrogens is 456 g/mol. The van der Waals surface area contributed by atoms with E-state index >= 15 is 0 Å². The number of halogens is 1. The first kappa shape index (κ1) is 25.0. The molecule has 0 bridgehead atoms. The van der Waals surface area contributed by atoms with E-state index in [4.69, 9.17) is 16.3 Å². The van der Waals surface area contributed by atoms with Gasteiger partial charge in [0.1, 0.15) is 6.23 Å². The lowest BCUT2D eigenvalue weighted by atomic mass is 9.98. The van der Waals surface area contributed by atoms with E-state index in [-0.39, 0.29) is 28.3 Å². The average Bonchev–Trinajstić information content (AvgIpc) is 3.38. The van der Waals surface area contributed by atoms with Crippen LogP contribution in [-0.2, 0) is 11.3 Å². The van der Waals surface area contributed by atoms with Crippen molar-refractivity contribution in [2.24, 2.45) is 5.92 Å². The third-order valence-electron chi connectivity index (χ3n) is 6.86. The van der Waals surface area contributed by atoms with Gasteiger partial charge in [-0.15, -0.1) is 0 Å². The number of rotatable bonds is 9. The number of carbonyl (C=O) groups is 1. The number of imidazole rings is 1. The third kappa shape index (κ3) is 6.30. The maximum atomic E-state index is 12.9. The first-order valence-corrected chi connectivity index (χ1v) is 12.8. The summed E-state index contributed by atoms with van der Waals surface area (Å²) < 4.78 is 8.97. The standard InChI is InChI=1S/C25H35ClN4O4/c26-22-9-8-19(16-21(22)24(32)28-23(31)18-6-3-1-2-4-7-18)30-14-13-29(25(30)33)12-5-15-34-20-10-11-27-17-20/h8-9,13-14,16,18,20,23,27,31H,1-7,10-12,15,17H2,(H,28,32). The van der Waals surface area contributed by atoms with Crippen LogP contribution in [-0.4, -0.2) is 52.2 Å². The SMILES string of the molecule is O=C(NC(O)C1CCCCCC1)c1cc(-n2ccn(CCCOC3CCNC3)c2=O)ccc1Cl. The normalized spacial score (nSPS) is 20.2. The van der Waals surface area contributed by atoms with Gasteiger partial charge in [-0.2, -0.15) is 0 Å². The second-order valence-corrected chi connectivity index (χ2v) is 9.72. The number of benzene rings is 1. The highest BCUT2D eigenvalue weighted by Gasteiger charge is 2.24. The lowest BCUT2D eigenvalue weighted by molar-refractivity contribution is 0.0531. The maximum absolute atomic E-state index is 12.9. The highest BCUT2D eigenvalue weighted by molar-refractivity contribution is 6.33. The zero-order valence-corrected chi connectivity index (χ0v) is 20.3. The van der Waals surface area contributed by atoms with Crippen LogP contribution < -0.4 is 16.3 Å². The zero-order valence-electron chi connectivity index (χ0n) is 19.5. The summed E-state index contributed by atoms with van der Waals surface area (Å²) in [5.74, 6) is -0.381. The van der Waals surface area contributed by atoms with E-state index in [0.717, 1.165) is 51.6 Å². The minimum atomic E-state index is -0.906. The molecule has 1 aromatic heterocycles. The Kier molecular flexibility index (Phi) is 8.83. The van der Waals surface area contributed by atoms with Crippen molar-refractivity contribution in [1.82, 2.24) is 19.8 Å². The van der Waals surface area contributed by atoms with Crippen molar-refractivity contribution in [1.29, 1.82) is 0 Å². The number of aliphatic hydroxyl groups excluding tert-OH is 1. The molecule has 1 aromatic carbocycles. The van der Waals surface area contributed by atoms with Gasteiger partial charge >= 0.3 is 5.69 Å². The van der Waals surface area contributed by atoms with E-state index in [0.29, 0.717) is 18.8 Å². The summed E-state index contributed by atoms with van der Waals surface area (Å²) in [6.07, 6.45) is 10.8. The third-order valence-corrected chi connectivity index (χ3v) is 7.19. The Bertz CT molecular complexity index is 1010. The van der Waals surface area contributed by atoms with Gasteiger partial charge in [-0.1, -0.05) is 37.3 Å². The molecule has 2 unspecified atom stereocenters. The van der Waals surface area contributed by atoms with Crippen molar-refractivity contribution in [3.05, 3.63) is 51.7 Å². The van der Waals surface area contributed by atoms with Crippen molar-refractivity contribution >= 4 is 17.5 Å². The van der Waals surface area contributed by atoms with Gasteiger partial charge in [-0.05, 0) is 50.4 Å². The molecular formula is C25H35ClN4O4. The Morgan fingerprint density at radius 1 is 1.21 bits per heavy atom. The van der Waals surface area contributed by atoms with Crippen LogP contribution >= 0.6 is 11.6 Å². The number of aliphatic hydroxyl groups is 1. The molecule has 34 heavy (non-hydrogen) atoms. The summed E-state index contributed by atoms with van der Waals surface area (Å²) in [5, 5.41) is 16.8. The molecule has 2 heterocycles. The van der Waals surface area contributed by atoms with Gasteiger partial charge in [0.15, 0.2) is 0 Å².